The maximum Gasteiger partial charge on any atom is 0.146 e. The third kappa shape index (κ3) is 4.15. The Kier molecular flexibility index (Phi) is 5.52. The van der Waals surface area contributed by atoms with Crippen molar-refractivity contribution in [3.05, 3.63) is 0 Å². The average Bonchev–Trinajstić information content (AvgIpc) is 1.94. The van der Waals surface area contributed by atoms with Gasteiger partial charge in [0.05, 0.1) is 6.54 Å². The molecule has 0 unspecified atom stereocenters. The smallest absolute Gasteiger partial charge is 0.146 e. The second kappa shape index (κ2) is 5.76. The molecule has 1 aliphatic heterocycles. The number of Topliss-reactive ketones (excluding diaryl/α,β-unsaturated/α-hetero) is 1. The summed E-state index contributed by atoms with van der Waals surface area (Å²) in [5.41, 5.74) is 0. The van der Waals surface area contributed by atoms with Crippen molar-refractivity contribution in [1.82, 2.24) is 5.32 Å². The molecule has 0 saturated carbocycles. The second-order valence-corrected chi connectivity index (χ2v) is 1.82. The Labute approximate surface area is 56.6 Å². The van der Waals surface area contributed by atoms with E-state index in [-0.39, 0.29) is 0 Å². The molecule has 0 spiro atoms. The summed E-state index contributed by atoms with van der Waals surface area (Å²) in [6.07, 6.45) is 1.81. The van der Waals surface area contributed by atoms with Crippen molar-refractivity contribution in [3.8, 4) is 0 Å². The van der Waals surface area contributed by atoms with Gasteiger partial charge in [0.1, 0.15) is 5.78 Å². The zero-order valence-electron chi connectivity index (χ0n) is 6.24. The Morgan fingerprint density at radius 1 is 1.44 bits per heavy atom. The molecule has 2 heteroatoms. The molecule has 54 valence electrons. The van der Waals surface area contributed by atoms with Crippen molar-refractivity contribution in [2.45, 2.75) is 26.7 Å². The molecular formula is C7H15NO. The molecule has 1 saturated heterocycles. The Morgan fingerprint density at radius 2 is 2.11 bits per heavy atom. The van der Waals surface area contributed by atoms with E-state index in [9.17, 15) is 4.79 Å². The van der Waals surface area contributed by atoms with Crippen LogP contribution in [0.25, 0.3) is 0 Å². The highest BCUT2D eigenvalue weighted by Crippen LogP contribution is 1.92. The van der Waals surface area contributed by atoms with Crippen LogP contribution >= 0.6 is 0 Å². The highest BCUT2D eigenvalue weighted by molar-refractivity contribution is 5.80. The number of rotatable bonds is 0. The van der Waals surface area contributed by atoms with Gasteiger partial charge in [-0.15, -0.1) is 0 Å². The average molecular weight is 129 g/mol. The van der Waals surface area contributed by atoms with Crippen LogP contribution in [0.1, 0.15) is 26.7 Å². The van der Waals surface area contributed by atoms with Crippen LogP contribution in [-0.4, -0.2) is 18.9 Å². The minimum atomic E-state index is 0.353. The molecule has 0 atom stereocenters. The highest BCUT2D eigenvalue weighted by Gasteiger charge is 2.04. The van der Waals surface area contributed by atoms with Crippen LogP contribution in [0, 0.1) is 0 Å². The van der Waals surface area contributed by atoms with E-state index in [4.69, 9.17) is 0 Å². The third-order valence-electron chi connectivity index (χ3n) is 1.13. The van der Waals surface area contributed by atoms with Gasteiger partial charge in [0, 0.05) is 6.42 Å². The van der Waals surface area contributed by atoms with E-state index in [0.717, 1.165) is 19.4 Å². The summed E-state index contributed by atoms with van der Waals surface area (Å²) in [5.74, 6) is 0.353. The summed E-state index contributed by atoms with van der Waals surface area (Å²) < 4.78 is 0. The predicted molar refractivity (Wildman–Crippen MR) is 38.5 cm³/mol. The van der Waals surface area contributed by atoms with Crippen molar-refractivity contribution >= 4 is 5.78 Å². The van der Waals surface area contributed by atoms with Crippen molar-refractivity contribution in [1.29, 1.82) is 0 Å². The maximum atomic E-state index is 10.4. The molecule has 2 nitrogen and oxygen atoms in total. The van der Waals surface area contributed by atoms with Gasteiger partial charge >= 0.3 is 0 Å². The molecule has 0 aromatic heterocycles. The van der Waals surface area contributed by atoms with Crippen LogP contribution in [0.4, 0.5) is 0 Å². The molecule has 9 heavy (non-hydrogen) atoms. The third-order valence-corrected chi connectivity index (χ3v) is 1.13. The first-order chi connectivity index (χ1) is 4.39. The zero-order valence-corrected chi connectivity index (χ0v) is 6.24. The lowest BCUT2D eigenvalue weighted by Crippen LogP contribution is -2.29. The predicted octanol–water partition coefficient (Wildman–Crippen LogP) is 0.965. The van der Waals surface area contributed by atoms with E-state index in [2.05, 4.69) is 5.32 Å². The molecule has 1 aliphatic rings. The van der Waals surface area contributed by atoms with Crippen LogP contribution in [0.5, 0.6) is 0 Å². The van der Waals surface area contributed by atoms with Crippen LogP contribution in [-0.2, 0) is 4.79 Å². The number of ketones is 1. The lowest BCUT2D eigenvalue weighted by atomic mass is 10.1. The number of hydrogen-bond acceptors (Lipinski definition) is 2. The molecule has 0 amide bonds. The molecule has 1 fully saturated rings. The standard InChI is InChI=1S/C5H9NO.C2H6/c7-5-2-1-3-6-4-5;1-2/h6H,1-4H2;1-2H3. The van der Waals surface area contributed by atoms with Gasteiger partial charge in [0.25, 0.3) is 0 Å². The Hall–Kier alpha value is -0.370. The zero-order chi connectivity index (χ0) is 7.11. The molecule has 0 bridgehead atoms. The summed E-state index contributed by atoms with van der Waals surface area (Å²) in [4.78, 5) is 10.4. The fourth-order valence-corrected chi connectivity index (χ4v) is 0.727. The second-order valence-electron chi connectivity index (χ2n) is 1.82. The van der Waals surface area contributed by atoms with Crippen LogP contribution in [0.2, 0.25) is 0 Å². The van der Waals surface area contributed by atoms with E-state index in [1.165, 1.54) is 0 Å². The van der Waals surface area contributed by atoms with Gasteiger partial charge in [-0.2, -0.15) is 0 Å². The molecule has 0 aromatic carbocycles. The van der Waals surface area contributed by atoms with Gasteiger partial charge in [-0.25, -0.2) is 0 Å². The number of hydrogen-bond donors (Lipinski definition) is 1. The first kappa shape index (κ1) is 8.63. The van der Waals surface area contributed by atoms with Crippen molar-refractivity contribution < 1.29 is 4.79 Å². The van der Waals surface area contributed by atoms with Crippen LogP contribution in [0.15, 0.2) is 0 Å². The van der Waals surface area contributed by atoms with Gasteiger partial charge < -0.3 is 5.32 Å². The van der Waals surface area contributed by atoms with Crippen molar-refractivity contribution in [2.75, 3.05) is 13.1 Å². The first-order valence-corrected chi connectivity index (χ1v) is 3.62. The summed E-state index contributed by atoms with van der Waals surface area (Å²) >= 11 is 0. The van der Waals surface area contributed by atoms with Gasteiger partial charge in [-0.05, 0) is 13.0 Å². The SMILES string of the molecule is CC.O=C1CCCNC1. The number of carbonyl (C=O) groups is 1. The topological polar surface area (TPSA) is 29.1 Å². The lowest BCUT2D eigenvalue weighted by Gasteiger charge is -2.08. The summed E-state index contributed by atoms with van der Waals surface area (Å²) in [6.45, 7) is 5.62. The minimum absolute atomic E-state index is 0.353. The molecule has 1 N–H and O–H groups in total. The van der Waals surface area contributed by atoms with E-state index in [1.54, 1.807) is 0 Å². The van der Waals surface area contributed by atoms with E-state index < -0.39 is 0 Å². The van der Waals surface area contributed by atoms with Gasteiger partial charge in [-0.3, -0.25) is 4.79 Å². The summed E-state index contributed by atoms with van der Waals surface area (Å²) in [5, 5.41) is 2.98. The largest absolute Gasteiger partial charge is 0.310 e. The molecule has 0 aromatic rings. The summed E-state index contributed by atoms with van der Waals surface area (Å²) in [7, 11) is 0. The van der Waals surface area contributed by atoms with Gasteiger partial charge in [0.15, 0.2) is 0 Å². The maximum absolute atomic E-state index is 10.4. The normalized spacial score (nSPS) is 18.2. The van der Waals surface area contributed by atoms with E-state index in [0.29, 0.717) is 12.3 Å². The van der Waals surface area contributed by atoms with Gasteiger partial charge in [-0.1, -0.05) is 13.8 Å². The molecular weight excluding hydrogens is 114 g/mol. The Morgan fingerprint density at radius 3 is 2.33 bits per heavy atom. The fraction of sp³-hybridized carbons (Fsp3) is 0.857. The van der Waals surface area contributed by atoms with Gasteiger partial charge in [0.2, 0.25) is 0 Å². The monoisotopic (exact) mass is 129 g/mol. The van der Waals surface area contributed by atoms with Crippen molar-refractivity contribution in [2.24, 2.45) is 0 Å². The summed E-state index contributed by atoms with van der Waals surface area (Å²) in [6, 6.07) is 0. The fourth-order valence-electron chi connectivity index (χ4n) is 0.727. The first-order valence-electron chi connectivity index (χ1n) is 3.62. The van der Waals surface area contributed by atoms with E-state index >= 15 is 0 Å². The number of carbonyl (C=O) groups excluding carboxylic acids is 1. The Balaban J connectivity index is 0.000000291. The lowest BCUT2D eigenvalue weighted by molar-refractivity contribution is -0.119. The molecule has 0 radical (unpaired) electrons. The Bertz CT molecular complexity index is 73.0. The van der Waals surface area contributed by atoms with E-state index in [1.807, 2.05) is 13.8 Å². The van der Waals surface area contributed by atoms with Crippen LogP contribution < -0.4 is 5.32 Å². The molecule has 0 aliphatic carbocycles. The molecule has 1 heterocycles. The molecule has 1 rings (SSSR count). The van der Waals surface area contributed by atoms with Crippen molar-refractivity contribution in [3.63, 3.8) is 0 Å². The minimum Gasteiger partial charge on any atom is -0.310 e. The van der Waals surface area contributed by atoms with Crippen LogP contribution in [0.3, 0.4) is 0 Å². The highest BCUT2D eigenvalue weighted by atomic mass is 16.1. The number of piperidine rings is 1. The quantitative estimate of drug-likeness (QED) is 0.528. The number of nitrogens with one attached hydrogen (secondary N) is 1.